The molecule has 16 heavy (non-hydrogen) atoms. The molecule has 1 aliphatic rings. The number of anilines is 1. The summed E-state index contributed by atoms with van der Waals surface area (Å²) in [6, 6.07) is 2.94. The van der Waals surface area contributed by atoms with Gasteiger partial charge in [-0.25, -0.2) is 4.39 Å². The van der Waals surface area contributed by atoms with E-state index >= 15 is 0 Å². The van der Waals surface area contributed by atoms with E-state index in [1.807, 2.05) is 0 Å². The van der Waals surface area contributed by atoms with Gasteiger partial charge in [-0.2, -0.15) is 0 Å². The Hall–Kier alpha value is -0.410. The minimum Gasteiger partial charge on any atom is -0.398 e. The summed E-state index contributed by atoms with van der Waals surface area (Å²) in [5.74, 6) is 1.42. The maximum atomic E-state index is 13.3. The second-order valence-electron chi connectivity index (χ2n) is 4.27. The molecule has 0 saturated heterocycles. The molecule has 1 saturated carbocycles. The Morgan fingerprint density at radius 3 is 2.75 bits per heavy atom. The number of nitrogen functional groups attached to an aromatic ring is 1. The van der Waals surface area contributed by atoms with Crippen LogP contribution in [0.2, 0.25) is 5.02 Å². The third-order valence-electron chi connectivity index (χ3n) is 3.00. The van der Waals surface area contributed by atoms with Crippen molar-refractivity contribution in [2.24, 2.45) is 5.92 Å². The molecule has 0 radical (unpaired) electrons. The van der Waals surface area contributed by atoms with Crippen molar-refractivity contribution in [3.8, 4) is 0 Å². The first-order valence-electron chi connectivity index (χ1n) is 5.54. The fraction of sp³-hybridized carbons (Fsp3) is 0.500. The fourth-order valence-corrected chi connectivity index (χ4v) is 3.39. The van der Waals surface area contributed by atoms with E-state index in [0.717, 1.165) is 16.6 Å². The average Bonchev–Trinajstić information content (AvgIpc) is 2.74. The second kappa shape index (κ2) is 5.28. The van der Waals surface area contributed by atoms with Crippen LogP contribution < -0.4 is 5.73 Å². The number of hydrogen-bond donors (Lipinski definition) is 1. The van der Waals surface area contributed by atoms with Gasteiger partial charge in [-0.1, -0.05) is 24.4 Å². The molecule has 1 fully saturated rings. The van der Waals surface area contributed by atoms with E-state index in [1.54, 1.807) is 11.8 Å². The van der Waals surface area contributed by atoms with Gasteiger partial charge in [0.05, 0.1) is 5.02 Å². The first-order valence-corrected chi connectivity index (χ1v) is 6.90. The zero-order valence-corrected chi connectivity index (χ0v) is 10.6. The molecular formula is C12H15ClFNS. The van der Waals surface area contributed by atoms with E-state index in [0.29, 0.717) is 5.69 Å². The van der Waals surface area contributed by atoms with Crippen molar-refractivity contribution in [1.29, 1.82) is 0 Å². The highest BCUT2D eigenvalue weighted by atomic mass is 35.5. The van der Waals surface area contributed by atoms with Crippen LogP contribution in [0.25, 0.3) is 0 Å². The smallest absolute Gasteiger partial charge is 0.143 e. The van der Waals surface area contributed by atoms with Gasteiger partial charge >= 0.3 is 0 Å². The van der Waals surface area contributed by atoms with E-state index in [1.165, 1.54) is 37.8 Å². The molecular weight excluding hydrogens is 245 g/mol. The molecule has 4 heteroatoms. The predicted molar refractivity (Wildman–Crippen MR) is 68.5 cm³/mol. The molecule has 2 N–H and O–H groups in total. The highest BCUT2D eigenvalue weighted by molar-refractivity contribution is 7.99. The van der Waals surface area contributed by atoms with Gasteiger partial charge in [0, 0.05) is 16.3 Å². The van der Waals surface area contributed by atoms with Gasteiger partial charge < -0.3 is 5.73 Å². The lowest BCUT2D eigenvalue weighted by Crippen LogP contribution is -1.98. The second-order valence-corrected chi connectivity index (χ2v) is 5.73. The van der Waals surface area contributed by atoms with Gasteiger partial charge in [0.2, 0.25) is 0 Å². The largest absolute Gasteiger partial charge is 0.398 e. The van der Waals surface area contributed by atoms with Gasteiger partial charge in [0.1, 0.15) is 5.82 Å². The standard InChI is InChI=1S/C12H15ClFNS/c13-9-5-11(15)12(6-10(9)14)16-7-8-3-1-2-4-8/h5-6,8H,1-4,7,15H2. The van der Waals surface area contributed by atoms with Crippen LogP contribution in [0.1, 0.15) is 25.7 Å². The predicted octanol–water partition coefficient (Wildman–Crippen LogP) is 4.34. The Kier molecular flexibility index (Phi) is 3.98. The Bertz CT molecular complexity index is 378. The Morgan fingerprint density at radius 2 is 2.06 bits per heavy atom. The number of rotatable bonds is 3. The Balaban J connectivity index is 2.00. The summed E-state index contributed by atoms with van der Waals surface area (Å²) in [5.41, 5.74) is 6.38. The van der Waals surface area contributed by atoms with Crippen LogP contribution in [0.5, 0.6) is 0 Å². The first kappa shape index (κ1) is 12.1. The van der Waals surface area contributed by atoms with E-state index in [4.69, 9.17) is 17.3 Å². The van der Waals surface area contributed by atoms with Crippen LogP contribution in [0, 0.1) is 11.7 Å². The molecule has 0 aliphatic heterocycles. The number of benzene rings is 1. The summed E-state index contributed by atoms with van der Waals surface area (Å²) in [7, 11) is 0. The molecule has 0 spiro atoms. The topological polar surface area (TPSA) is 26.0 Å². The van der Waals surface area contributed by atoms with Gasteiger partial charge in [0.25, 0.3) is 0 Å². The molecule has 0 unspecified atom stereocenters. The lowest BCUT2D eigenvalue weighted by molar-refractivity contribution is 0.620. The molecule has 0 heterocycles. The van der Waals surface area contributed by atoms with Crippen molar-refractivity contribution in [3.63, 3.8) is 0 Å². The van der Waals surface area contributed by atoms with Crippen molar-refractivity contribution in [1.82, 2.24) is 0 Å². The van der Waals surface area contributed by atoms with Gasteiger partial charge in [-0.3, -0.25) is 0 Å². The maximum Gasteiger partial charge on any atom is 0.143 e. The number of thioether (sulfide) groups is 1. The van der Waals surface area contributed by atoms with Crippen LogP contribution in [-0.4, -0.2) is 5.75 Å². The number of halogens is 2. The quantitative estimate of drug-likeness (QED) is 0.645. The summed E-state index contributed by atoms with van der Waals surface area (Å²) in [5, 5.41) is 0.0997. The molecule has 0 atom stereocenters. The summed E-state index contributed by atoms with van der Waals surface area (Å²) in [6.45, 7) is 0. The van der Waals surface area contributed by atoms with Crippen molar-refractivity contribution >= 4 is 29.1 Å². The highest BCUT2D eigenvalue weighted by Gasteiger charge is 2.16. The van der Waals surface area contributed by atoms with E-state index in [-0.39, 0.29) is 10.8 Å². The van der Waals surface area contributed by atoms with Crippen LogP contribution in [0.15, 0.2) is 17.0 Å². The van der Waals surface area contributed by atoms with E-state index < -0.39 is 0 Å². The minimum absolute atomic E-state index is 0.0997. The zero-order valence-electron chi connectivity index (χ0n) is 9.01. The molecule has 88 valence electrons. The van der Waals surface area contributed by atoms with Crippen molar-refractivity contribution < 1.29 is 4.39 Å². The van der Waals surface area contributed by atoms with Crippen LogP contribution in [-0.2, 0) is 0 Å². The maximum absolute atomic E-state index is 13.3. The molecule has 0 aromatic heterocycles. The average molecular weight is 260 g/mol. The monoisotopic (exact) mass is 259 g/mol. The molecule has 1 aliphatic carbocycles. The molecule has 1 aromatic carbocycles. The van der Waals surface area contributed by atoms with Crippen LogP contribution in [0.3, 0.4) is 0 Å². The van der Waals surface area contributed by atoms with Crippen molar-refractivity contribution in [2.45, 2.75) is 30.6 Å². The number of hydrogen-bond acceptors (Lipinski definition) is 2. The van der Waals surface area contributed by atoms with Gasteiger partial charge in [0.15, 0.2) is 0 Å². The van der Waals surface area contributed by atoms with Gasteiger partial charge in [-0.15, -0.1) is 11.8 Å². The summed E-state index contributed by atoms with van der Waals surface area (Å²) in [6.07, 6.45) is 5.25. The summed E-state index contributed by atoms with van der Waals surface area (Å²) < 4.78 is 13.3. The normalized spacial score (nSPS) is 16.9. The third-order valence-corrected chi connectivity index (χ3v) is 4.59. The van der Waals surface area contributed by atoms with Crippen LogP contribution >= 0.6 is 23.4 Å². The highest BCUT2D eigenvalue weighted by Crippen LogP contribution is 2.34. The van der Waals surface area contributed by atoms with Crippen LogP contribution in [0.4, 0.5) is 10.1 Å². The summed E-state index contributed by atoms with van der Waals surface area (Å²) in [4.78, 5) is 0.814. The molecule has 0 amide bonds. The van der Waals surface area contributed by atoms with Gasteiger partial charge in [-0.05, 0) is 30.9 Å². The SMILES string of the molecule is Nc1cc(Cl)c(F)cc1SCC1CCCC1. The molecule has 1 nitrogen and oxygen atoms in total. The first-order chi connectivity index (χ1) is 7.66. The summed E-state index contributed by atoms with van der Waals surface area (Å²) >= 11 is 7.29. The third kappa shape index (κ3) is 2.83. The minimum atomic E-state index is -0.384. The molecule has 1 aromatic rings. The Labute approximate surface area is 105 Å². The lowest BCUT2D eigenvalue weighted by atomic mass is 10.1. The number of nitrogens with two attached hydrogens (primary N) is 1. The Morgan fingerprint density at radius 1 is 1.38 bits per heavy atom. The lowest BCUT2D eigenvalue weighted by Gasteiger charge is -2.10. The van der Waals surface area contributed by atoms with Crippen molar-refractivity contribution in [2.75, 3.05) is 11.5 Å². The van der Waals surface area contributed by atoms with E-state index in [2.05, 4.69) is 0 Å². The molecule has 0 bridgehead atoms. The van der Waals surface area contributed by atoms with E-state index in [9.17, 15) is 4.39 Å². The van der Waals surface area contributed by atoms with Crippen molar-refractivity contribution in [3.05, 3.63) is 23.0 Å². The zero-order chi connectivity index (χ0) is 11.5. The molecule has 2 rings (SSSR count). The fourth-order valence-electron chi connectivity index (χ4n) is 2.05.